The van der Waals surface area contributed by atoms with Gasteiger partial charge in [-0.25, -0.2) is 4.39 Å². The van der Waals surface area contributed by atoms with E-state index < -0.39 is 0 Å². The van der Waals surface area contributed by atoms with E-state index in [0.29, 0.717) is 12.1 Å². The molecule has 0 saturated carbocycles. The topological polar surface area (TPSA) is 45.2 Å². The van der Waals surface area contributed by atoms with Crippen LogP contribution in [-0.2, 0) is 26.2 Å². The smallest absolute Gasteiger partial charge is 0.253 e. The lowest BCUT2D eigenvalue weighted by Gasteiger charge is -2.14. The zero-order valence-corrected chi connectivity index (χ0v) is 17.0. The fourth-order valence-corrected chi connectivity index (χ4v) is 3.85. The number of aromatic nitrogens is 1. The second-order valence-corrected chi connectivity index (χ2v) is 8.01. The largest absolute Gasteiger partial charge is 0.348 e. The summed E-state index contributed by atoms with van der Waals surface area (Å²) in [5.74, 6) is -0.345. The Morgan fingerprint density at radius 3 is 2.55 bits per heavy atom. The van der Waals surface area contributed by atoms with E-state index in [4.69, 9.17) is 0 Å². The molecule has 0 fully saturated rings. The number of fused-ring (bicyclic) bond motifs is 1. The number of carbonyl (C=O) groups is 1. The molecule has 2 aromatic carbocycles. The first-order valence-corrected chi connectivity index (χ1v) is 10.7. The molecule has 6 heteroatoms. The summed E-state index contributed by atoms with van der Waals surface area (Å²) in [6.07, 6.45) is 3.69. The SMILES string of the molecule is CSc1ccc(CNC(=O)c2cnc3c(c2)CN(Cc2ccc(F)cc2)C3)cc1. The Bertz CT molecular complexity index is 1010. The van der Waals surface area contributed by atoms with E-state index in [0.717, 1.165) is 42.0 Å². The summed E-state index contributed by atoms with van der Waals surface area (Å²) in [6.45, 7) is 2.68. The lowest BCUT2D eigenvalue weighted by atomic mass is 10.1. The molecule has 0 radical (unpaired) electrons. The predicted octanol–water partition coefficient (Wildman–Crippen LogP) is 4.39. The molecule has 1 aromatic heterocycles. The molecule has 0 aliphatic carbocycles. The zero-order valence-electron chi connectivity index (χ0n) is 16.2. The molecule has 4 rings (SSSR count). The molecule has 29 heavy (non-hydrogen) atoms. The average Bonchev–Trinajstić information content (AvgIpc) is 3.15. The van der Waals surface area contributed by atoms with Crippen molar-refractivity contribution in [1.82, 2.24) is 15.2 Å². The summed E-state index contributed by atoms with van der Waals surface area (Å²) < 4.78 is 13.1. The summed E-state index contributed by atoms with van der Waals surface area (Å²) in [7, 11) is 0. The molecular formula is C23H22FN3OS. The van der Waals surface area contributed by atoms with E-state index in [1.807, 2.05) is 24.5 Å². The monoisotopic (exact) mass is 407 g/mol. The van der Waals surface area contributed by atoms with Gasteiger partial charge in [0.05, 0.1) is 11.3 Å². The quantitative estimate of drug-likeness (QED) is 0.616. The van der Waals surface area contributed by atoms with Crippen LogP contribution in [0.5, 0.6) is 0 Å². The maximum atomic E-state index is 13.1. The summed E-state index contributed by atoms with van der Waals surface area (Å²) in [5, 5.41) is 2.97. The zero-order chi connectivity index (χ0) is 20.2. The van der Waals surface area contributed by atoms with E-state index in [2.05, 4.69) is 27.3 Å². The van der Waals surface area contributed by atoms with Gasteiger partial charge >= 0.3 is 0 Å². The van der Waals surface area contributed by atoms with Gasteiger partial charge in [-0.2, -0.15) is 0 Å². The first-order valence-electron chi connectivity index (χ1n) is 9.46. The van der Waals surface area contributed by atoms with Gasteiger partial charge in [0.1, 0.15) is 5.82 Å². The number of benzene rings is 2. The molecule has 0 bridgehead atoms. The molecular weight excluding hydrogens is 385 g/mol. The molecule has 0 spiro atoms. The molecule has 148 valence electrons. The fourth-order valence-electron chi connectivity index (χ4n) is 3.44. The second kappa shape index (κ2) is 8.76. The van der Waals surface area contributed by atoms with Crippen LogP contribution in [0.15, 0.2) is 65.7 Å². The number of thioether (sulfide) groups is 1. The Morgan fingerprint density at radius 1 is 1.10 bits per heavy atom. The molecule has 1 amide bonds. The van der Waals surface area contributed by atoms with Crippen LogP contribution in [0.25, 0.3) is 0 Å². The van der Waals surface area contributed by atoms with E-state index in [9.17, 15) is 9.18 Å². The molecule has 2 heterocycles. The second-order valence-electron chi connectivity index (χ2n) is 7.13. The summed E-state index contributed by atoms with van der Waals surface area (Å²) >= 11 is 1.69. The highest BCUT2D eigenvalue weighted by Crippen LogP contribution is 2.23. The summed E-state index contributed by atoms with van der Waals surface area (Å²) in [5.41, 5.74) is 4.77. The highest BCUT2D eigenvalue weighted by atomic mass is 32.2. The van der Waals surface area contributed by atoms with Crippen LogP contribution in [0.4, 0.5) is 4.39 Å². The normalized spacial score (nSPS) is 13.3. The van der Waals surface area contributed by atoms with Crippen molar-refractivity contribution in [3.63, 3.8) is 0 Å². The number of amides is 1. The standard InChI is InChI=1S/C23H22FN3OS/c1-29-21-8-4-16(5-9-21)11-26-23(28)18-10-19-14-27(15-22(19)25-12-18)13-17-2-6-20(24)7-3-17/h2-10,12H,11,13-15H2,1H3,(H,26,28). The number of nitrogens with zero attached hydrogens (tertiary/aromatic N) is 2. The third-order valence-electron chi connectivity index (χ3n) is 5.02. The van der Waals surface area contributed by atoms with Crippen molar-refractivity contribution in [2.75, 3.05) is 6.26 Å². The van der Waals surface area contributed by atoms with Crippen LogP contribution < -0.4 is 5.32 Å². The van der Waals surface area contributed by atoms with Crippen molar-refractivity contribution >= 4 is 17.7 Å². The Balaban J connectivity index is 1.36. The van der Waals surface area contributed by atoms with Crippen LogP contribution in [0.1, 0.15) is 32.7 Å². The number of halogens is 1. The maximum absolute atomic E-state index is 13.1. The molecule has 0 saturated heterocycles. The van der Waals surface area contributed by atoms with Crippen LogP contribution >= 0.6 is 11.8 Å². The van der Waals surface area contributed by atoms with E-state index in [1.165, 1.54) is 17.0 Å². The number of hydrogen-bond acceptors (Lipinski definition) is 4. The minimum absolute atomic E-state index is 0.119. The van der Waals surface area contributed by atoms with Crippen LogP contribution in [0, 0.1) is 5.82 Å². The third kappa shape index (κ3) is 4.83. The van der Waals surface area contributed by atoms with Gasteiger partial charge in [-0.05, 0) is 53.3 Å². The van der Waals surface area contributed by atoms with Gasteiger partial charge < -0.3 is 5.32 Å². The fraction of sp³-hybridized carbons (Fsp3) is 0.217. The molecule has 0 atom stereocenters. The lowest BCUT2D eigenvalue weighted by molar-refractivity contribution is 0.0950. The minimum atomic E-state index is -0.226. The van der Waals surface area contributed by atoms with Crippen molar-refractivity contribution in [2.24, 2.45) is 0 Å². The summed E-state index contributed by atoms with van der Waals surface area (Å²) in [4.78, 5) is 20.5. The first-order chi connectivity index (χ1) is 14.1. The number of hydrogen-bond donors (Lipinski definition) is 1. The number of carbonyl (C=O) groups excluding carboxylic acids is 1. The molecule has 1 aliphatic rings. The van der Waals surface area contributed by atoms with Gasteiger partial charge in [-0.15, -0.1) is 11.8 Å². The number of nitrogens with one attached hydrogen (secondary N) is 1. The van der Waals surface area contributed by atoms with Crippen molar-refractivity contribution in [3.8, 4) is 0 Å². The molecule has 3 aromatic rings. The maximum Gasteiger partial charge on any atom is 0.253 e. The van der Waals surface area contributed by atoms with Crippen molar-refractivity contribution in [3.05, 3.63) is 94.6 Å². The Kier molecular flexibility index (Phi) is 5.92. The lowest BCUT2D eigenvalue weighted by Crippen LogP contribution is -2.23. The van der Waals surface area contributed by atoms with Crippen LogP contribution in [0.3, 0.4) is 0 Å². The van der Waals surface area contributed by atoms with Crippen LogP contribution in [-0.4, -0.2) is 22.0 Å². The van der Waals surface area contributed by atoms with Gasteiger partial charge in [-0.1, -0.05) is 24.3 Å². The predicted molar refractivity (Wildman–Crippen MR) is 113 cm³/mol. The highest BCUT2D eigenvalue weighted by Gasteiger charge is 2.21. The first kappa shape index (κ1) is 19.6. The molecule has 1 N–H and O–H groups in total. The van der Waals surface area contributed by atoms with Gasteiger partial charge in [0.15, 0.2) is 0 Å². The van der Waals surface area contributed by atoms with Crippen molar-refractivity contribution in [2.45, 2.75) is 31.1 Å². The summed E-state index contributed by atoms with van der Waals surface area (Å²) in [6, 6.07) is 16.7. The van der Waals surface area contributed by atoms with Crippen LogP contribution in [0.2, 0.25) is 0 Å². The molecule has 1 aliphatic heterocycles. The van der Waals surface area contributed by atoms with E-state index in [-0.39, 0.29) is 11.7 Å². The van der Waals surface area contributed by atoms with Crippen molar-refractivity contribution in [1.29, 1.82) is 0 Å². The van der Waals surface area contributed by atoms with Gasteiger partial charge in [-0.3, -0.25) is 14.7 Å². The van der Waals surface area contributed by atoms with E-state index in [1.54, 1.807) is 30.1 Å². The van der Waals surface area contributed by atoms with E-state index >= 15 is 0 Å². The highest BCUT2D eigenvalue weighted by molar-refractivity contribution is 7.98. The number of pyridine rings is 1. The molecule has 4 nitrogen and oxygen atoms in total. The van der Waals surface area contributed by atoms with Crippen molar-refractivity contribution < 1.29 is 9.18 Å². The van der Waals surface area contributed by atoms with Gasteiger partial charge in [0.25, 0.3) is 5.91 Å². The average molecular weight is 408 g/mol. The van der Waals surface area contributed by atoms with Gasteiger partial charge in [0, 0.05) is 37.3 Å². The molecule has 0 unspecified atom stereocenters. The Labute approximate surface area is 174 Å². The minimum Gasteiger partial charge on any atom is -0.348 e. The Morgan fingerprint density at radius 2 is 1.83 bits per heavy atom. The van der Waals surface area contributed by atoms with Gasteiger partial charge in [0.2, 0.25) is 0 Å². The number of rotatable bonds is 6. The third-order valence-corrected chi connectivity index (χ3v) is 5.76. The Hall–Kier alpha value is -2.70.